The van der Waals surface area contributed by atoms with Gasteiger partial charge in [0, 0.05) is 35.9 Å². The first-order valence-electron chi connectivity index (χ1n) is 7.91. The summed E-state index contributed by atoms with van der Waals surface area (Å²) >= 11 is 0. The second kappa shape index (κ2) is 6.73. The van der Waals surface area contributed by atoms with E-state index < -0.39 is 0 Å². The van der Waals surface area contributed by atoms with Crippen LogP contribution in [0.5, 0.6) is 0 Å². The highest BCUT2D eigenvalue weighted by Gasteiger charge is 2.18. The summed E-state index contributed by atoms with van der Waals surface area (Å²) in [5.74, 6) is 0. The zero-order chi connectivity index (χ0) is 16.3. The molecular weight excluding hydrogens is 278 g/mol. The molecule has 0 aromatic carbocycles. The number of hydrogen-bond donors (Lipinski definition) is 0. The molecule has 22 heavy (non-hydrogen) atoms. The van der Waals surface area contributed by atoms with Crippen molar-refractivity contribution in [1.29, 1.82) is 0 Å². The minimum Gasteiger partial charge on any atom is -0.325 e. The summed E-state index contributed by atoms with van der Waals surface area (Å²) in [5.41, 5.74) is 2.19. The normalized spacial score (nSPS) is 10.9. The second-order valence-electron chi connectivity index (χ2n) is 5.16. The van der Waals surface area contributed by atoms with Gasteiger partial charge in [0.15, 0.2) is 0 Å². The Morgan fingerprint density at radius 2 is 1.82 bits per heavy atom. The second-order valence-corrected chi connectivity index (χ2v) is 5.16. The lowest BCUT2D eigenvalue weighted by atomic mass is 10.1. The number of fused-ring (bicyclic) bond motifs is 1. The summed E-state index contributed by atoms with van der Waals surface area (Å²) in [5, 5.41) is 0.875. The van der Waals surface area contributed by atoms with Gasteiger partial charge in [-0.1, -0.05) is 13.8 Å². The van der Waals surface area contributed by atoms with E-state index in [1.165, 1.54) is 10.6 Å². The van der Waals surface area contributed by atoms with Crippen LogP contribution in [0.25, 0.3) is 10.9 Å². The molecule has 0 saturated carbocycles. The number of aromatic nitrogens is 2. The summed E-state index contributed by atoms with van der Waals surface area (Å²) in [6.07, 6.45) is 1.54. The number of hydrogen-bond acceptors (Lipinski definition) is 3. The average molecular weight is 301 g/mol. The maximum atomic E-state index is 12.7. The molecule has 0 radical (unpaired) electrons. The number of aryl methyl sites for hydroxylation is 2. The van der Waals surface area contributed by atoms with Crippen molar-refractivity contribution in [3.05, 3.63) is 39.9 Å². The van der Waals surface area contributed by atoms with Gasteiger partial charge in [-0.05, 0) is 38.8 Å². The number of pyridine rings is 2. The van der Waals surface area contributed by atoms with Crippen LogP contribution >= 0.6 is 0 Å². The highest BCUT2D eigenvalue weighted by molar-refractivity contribution is 5.91. The fourth-order valence-corrected chi connectivity index (χ4v) is 2.65. The quantitative estimate of drug-likeness (QED) is 0.872. The maximum Gasteiger partial charge on any atom is 0.331 e. The van der Waals surface area contributed by atoms with Gasteiger partial charge in [0.2, 0.25) is 0 Å². The Labute approximate surface area is 130 Å². The van der Waals surface area contributed by atoms with Gasteiger partial charge in [0.25, 0.3) is 5.56 Å². The SMILES string of the molecule is CCc1cc2c(ccc(=O)n2C(=O)N(CC)CC)c(CC)n1. The Bertz CT molecular complexity index is 745. The molecule has 0 unspecified atom stereocenters. The van der Waals surface area contributed by atoms with Gasteiger partial charge in [0.1, 0.15) is 0 Å². The number of carbonyl (C=O) groups is 1. The zero-order valence-corrected chi connectivity index (χ0v) is 13.7. The Morgan fingerprint density at radius 1 is 1.14 bits per heavy atom. The van der Waals surface area contributed by atoms with Crippen molar-refractivity contribution >= 4 is 16.9 Å². The third kappa shape index (κ3) is 2.75. The lowest BCUT2D eigenvalue weighted by molar-refractivity contribution is 0.205. The topological polar surface area (TPSA) is 55.2 Å². The van der Waals surface area contributed by atoms with Gasteiger partial charge < -0.3 is 4.90 Å². The minimum absolute atomic E-state index is 0.268. The van der Waals surface area contributed by atoms with Crippen molar-refractivity contribution in [3.63, 3.8) is 0 Å². The van der Waals surface area contributed by atoms with E-state index in [1.807, 2.05) is 33.8 Å². The van der Waals surface area contributed by atoms with Crippen molar-refractivity contribution in [1.82, 2.24) is 14.5 Å². The molecule has 0 spiro atoms. The van der Waals surface area contributed by atoms with Gasteiger partial charge in [0.05, 0.1) is 5.52 Å². The number of amides is 1. The van der Waals surface area contributed by atoms with Crippen molar-refractivity contribution < 1.29 is 4.79 Å². The molecular formula is C17H23N3O2. The van der Waals surface area contributed by atoms with E-state index >= 15 is 0 Å². The average Bonchev–Trinajstić information content (AvgIpc) is 2.54. The number of nitrogens with zero attached hydrogens (tertiary/aromatic N) is 3. The van der Waals surface area contributed by atoms with Gasteiger partial charge in [-0.15, -0.1) is 0 Å². The molecule has 2 aromatic rings. The van der Waals surface area contributed by atoms with E-state index in [0.717, 1.165) is 29.6 Å². The third-order valence-corrected chi connectivity index (χ3v) is 3.94. The van der Waals surface area contributed by atoms with Crippen LogP contribution in [0, 0.1) is 0 Å². The predicted octanol–water partition coefficient (Wildman–Crippen LogP) is 2.83. The van der Waals surface area contributed by atoms with Gasteiger partial charge in [-0.3, -0.25) is 9.78 Å². The molecule has 0 aliphatic rings. The monoisotopic (exact) mass is 301 g/mol. The predicted molar refractivity (Wildman–Crippen MR) is 88.5 cm³/mol. The van der Waals surface area contributed by atoms with Crippen LogP contribution in [0.15, 0.2) is 23.0 Å². The molecule has 2 rings (SSSR count). The molecule has 0 aliphatic carbocycles. The van der Waals surface area contributed by atoms with Crippen LogP contribution in [0.4, 0.5) is 4.79 Å². The number of carbonyl (C=O) groups excluding carboxylic acids is 1. The summed E-state index contributed by atoms with van der Waals surface area (Å²) in [7, 11) is 0. The highest BCUT2D eigenvalue weighted by Crippen LogP contribution is 2.19. The fraction of sp³-hybridized carbons (Fsp3) is 0.471. The van der Waals surface area contributed by atoms with Crippen molar-refractivity contribution in [2.24, 2.45) is 0 Å². The summed E-state index contributed by atoms with van der Waals surface area (Å²) < 4.78 is 1.28. The molecule has 0 N–H and O–H groups in total. The molecule has 2 aromatic heterocycles. The zero-order valence-electron chi connectivity index (χ0n) is 13.7. The van der Waals surface area contributed by atoms with Crippen molar-refractivity contribution in [2.75, 3.05) is 13.1 Å². The van der Waals surface area contributed by atoms with Crippen LogP contribution < -0.4 is 5.56 Å². The van der Waals surface area contributed by atoms with Crippen molar-refractivity contribution in [3.8, 4) is 0 Å². The molecule has 118 valence electrons. The Morgan fingerprint density at radius 3 is 2.36 bits per heavy atom. The largest absolute Gasteiger partial charge is 0.331 e. The van der Waals surface area contributed by atoms with E-state index in [0.29, 0.717) is 18.6 Å². The molecule has 0 atom stereocenters. The Hall–Kier alpha value is -2.17. The van der Waals surface area contributed by atoms with Gasteiger partial charge >= 0.3 is 6.03 Å². The summed E-state index contributed by atoms with van der Waals surface area (Å²) in [6, 6.07) is 4.82. The fourth-order valence-electron chi connectivity index (χ4n) is 2.65. The molecule has 0 saturated heterocycles. The Balaban J connectivity index is 2.80. The van der Waals surface area contributed by atoms with E-state index in [-0.39, 0.29) is 11.6 Å². The standard InChI is InChI=1S/C17H23N3O2/c1-5-12-11-15-13(14(6-2)18-12)9-10-16(21)20(15)17(22)19(7-3)8-4/h9-11H,5-8H2,1-4H3. The Kier molecular flexibility index (Phi) is 4.96. The van der Waals surface area contributed by atoms with E-state index in [1.54, 1.807) is 11.0 Å². The van der Waals surface area contributed by atoms with Crippen molar-refractivity contribution in [2.45, 2.75) is 40.5 Å². The minimum atomic E-state index is -0.292. The first kappa shape index (κ1) is 16.2. The highest BCUT2D eigenvalue weighted by atomic mass is 16.2. The summed E-state index contributed by atoms with van der Waals surface area (Å²) in [4.78, 5) is 31.3. The first-order valence-corrected chi connectivity index (χ1v) is 7.91. The molecule has 1 amide bonds. The van der Waals surface area contributed by atoms with E-state index in [4.69, 9.17) is 0 Å². The third-order valence-electron chi connectivity index (χ3n) is 3.94. The van der Waals surface area contributed by atoms with Gasteiger partial charge in [-0.25, -0.2) is 9.36 Å². The van der Waals surface area contributed by atoms with Crippen LogP contribution in [-0.4, -0.2) is 33.6 Å². The maximum absolute atomic E-state index is 12.7. The molecule has 0 fully saturated rings. The van der Waals surface area contributed by atoms with Gasteiger partial charge in [-0.2, -0.15) is 0 Å². The molecule has 5 nitrogen and oxygen atoms in total. The van der Waals surface area contributed by atoms with Crippen LogP contribution in [0.1, 0.15) is 39.1 Å². The first-order chi connectivity index (χ1) is 10.6. The summed E-state index contributed by atoms with van der Waals surface area (Å²) in [6.45, 7) is 9.02. The van der Waals surface area contributed by atoms with Crippen LogP contribution in [0.2, 0.25) is 0 Å². The number of rotatable bonds is 4. The van der Waals surface area contributed by atoms with E-state index in [2.05, 4.69) is 4.98 Å². The van der Waals surface area contributed by atoms with E-state index in [9.17, 15) is 9.59 Å². The van der Waals surface area contributed by atoms with Crippen LogP contribution in [0.3, 0.4) is 0 Å². The lowest BCUT2D eigenvalue weighted by Gasteiger charge is -2.21. The molecule has 2 heterocycles. The molecule has 0 bridgehead atoms. The lowest BCUT2D eigenvalue weighted by Crippen LogP contribution is -2.39. The smallest absolute Gasteiger partial charge is 0.325 e. The molecule has 0 aliphatic heterocycles. The van der Waals surface area contributed by atoms with Crippen LogP contribution in [-0.2, 0) is 12.8 Å². The molecule has 5 heteroatoms.